The first-order valence-corrected chi connectivity index (χ1v) is 7.15. The summed E-state index contributed by atoms with van der Waals surface area (Å²) in [5, 5.41) is 2.32. The highest BCUT2D eigenvalue weighted by Crippen LogP contribution is 2.36. The Kier molecular flexibility index (Phi) is 4.49. The topological polar surface area (TPSA) is 56.8 Å². The van der Waals surface area contributed by atoms with E-state index in [2.05, 4.69) is 5.32 Å². The molecule has 7 heteroatoms. The fraction of sp³-hybridized carbons (Fsp3) is 0.533. The van der Waals surface area contributed by atoms with Crippen molar-refractivity contribution >= 4 is 18.7 Å². The lowest BCUT2D eigenvalue weighted by Gasteiger charge is -2.32. The smallest absolute Gasteiger partial charge is 0.445 e. The molecule has 0 aromatic heterocycles. The van der Waals surface area contributed by atoms with Crippen molar-refractivity contribution < 1.29 is 23.2 Å². The lowest BCUT2D eigenvalue weighted by atomic mass is 9.76. The summed E-state index contributed by atoms with van der Waals surface area (Å²) in [6.45, 7) is 7.51. The molecule has 1 N–H and O–H groups in total. The van der Waals surface area contributed by atoms with Crippen LogP contribution in [0.1, 0.15) is 33.3 Å². The van der Waals surface area contributed by atoms with Crippen LogP contribution in [-0.4, -0.2) is 31.5 Å². The lowest BCUT2D eigenvalue weighted by Crippen LogP contribution is -2.41. The van der Waals surface area contributed by atoms with Gasteiger partial charge < -0.3 is 19.4 Å². The molecule has 1 aromatic carbocycles. The van der Waals surface area contributed by atoms with Gasteiger partial charge in [-0.05, 0) is 39.2 Å². The molecular weight excluding hydrogens is 288 g/mol. The van der Waals surface area contributed by atoms with Gasteiger partial charge in [-0.3, -0.25) is 0 Å². The minimum atomic E-state index is -0.705. The number of alkyl carbamates (subject to hydrolysis) is 1. The molecule has 0 spiro atoms. The number of amides is 1. The Labute approximate surface area is 130 Å². The van der Waals surface area contributed by atoms with Crippen molar-refractivity contribution in [3.63, 3.8) is 0 Å². The van der Waals surface area contributed by atoms with E-state index in [0.29, 0.717) is 5.46 Å². The van der Waals surface area contributed by atoms with Gasteiger partial charge in [-0.2, -0.15) is 0 Å². The second-order valence-electron chi connectivity index (χ2n) is 6.22. The molecule has 1 heterocycles. The molecule has 1 aliphatic rings. The number of carbonyl (C=O) groups excluding carboxylic acids is 1. The van der Waals surface area contributed by atoms with E-state index in [1.807, 2.05) is 27.7 Å². The molecular formula is C15H21BFNO4. The van der Waals surface area contributed by atoms with Crippen LogP contribution in [0.3, 0.4) is 0 Å². The molecule has 0 aliphatic carbocycles. The zero-order chi connectivity index (χ0) is 16.5. The first-order valence-electron chi connectivity index (χ1n) is 7.15. The van der Waals surface area contributed by atoms with Crippen molar-refractivity contribution in [2.45, 2.75) is 45.5 Å². The highest BCUT2D eigenvalue weighted by Gasteiger charge is 2.52. The van der Waals surface area contributed by atoms with Gasteiger partial charge >= 0.3 is 13.2 Å². The second kappa shape index (κ2) is 5.89. The van der Waals surface area contributed by atoms with Crippen LogP contribution >= 0.6 is 0 Å². The van der Waals surface area contributed by atoms with Gasteiger partial charge in [-0.25, -0.2) is 9.18 Å². The van der Waals surface area contributed by atoms with Gasteiger partial charge in [0.05, 0.1) is 11.2 Å². The Morgan fingerprint density at radius 2 is 1.86 bits per heavy atom. The quantitative estimate of drug-likeness (QED) is 0.868. The fourth-order valence-electron chi connectivity index (χ4n) is 2.13. The van der Waals surface area contributed by atoms with E-state index in [0.717, 1.165) is 0 Å². The Bertz CT molecular complexity index is 561. The minimum Gasteiger partial charge on any atom is -0.445 e. The summed E-state index contributed by atoms with van der Waals surface area (Å²) in [7, 11) is 0.739. The van der Waals surface area contributed by atoms with E-state index in [1.165, 1.54) is 13.1 Å². The molecule has 0 unspecified atom stereocenters. The van der Waals surface area contributed by atoms with Crippen molar-refractivity contribution in [2.75, 3.05) is 7.05 Å². The van der Waals surface area contributed by atoms with Crippen LogP contribution in [0, 0.1) is 5.82 Å². The highest BCUT2D eigenvalue weighted by atomic mass is 19.1. The van der Waals surface area contributed by atoms with Crippen molar-refractivity contribution in [3.05, 3.63) is 29.6 Å². The van der Waals surface area contributed by atoms with Gasteiger partial charge in [0.25, 0.3) is 0 Å². The second-order valence-corrected chi connectivity index (χ2v) is 6.22. The van der Waals surface area contributed by atoms with Gasteiger partial charge in [0, 0.05) is 12.6 Å². The maximum Gasteiger partial charge on any atom is 0.495 e. The molecule has 0 saturated carbocycles. The lowest BCUT2D eigenvalue weighted by molar-refractivity contribution is 0.00578. The number of carbonyl (C=O) groups is 1. The summed E-state index contributed by atoms with van der Waals surface area (Å²) in [5.41, 5.74) is -0.265. The first kappa shape index (κ1) is 16.8. The summed E-state index contributed by atoms with van der Waals surface area (Å²) < 4.78 is 30.9. The van der Waals surface area contributed by atoms with Crippen LogP contribution in [0.25, 0.3) is 0 Å². The number of hydrogen-bond acceptors (Lipinski definition) is 4. The van der Waals surface area contributed by atoms with Crippen molar-refractivity contribution in [3.8, 4) is 0 Å². The monoisotopic (exact) mass is 309 g/mol. The standard InChI is InChI=1S/C15H21BFNO4/c1-14(2)15(3,4)22-16(21-14)11-7-6-8-12(17)10(11)9-20-13(19)18-5/h6-8H,9H2,1-5H3,(H,18,19). The molecule has 1 saturated heterocycles. The Morgan fingerprint density at radius 1 is 1.27 bits per heavy atom. The third-order valence-electron chi connectivity index (χ3n) is 4.21. The SMILES string of the molecule is CNC(=O)OCc1c(F)cccc1B1OC(C)(C)C(C)(C)O1. The summed E-state index contributed by atoms with van der Waals surface area (Å²) in [6, 6.07) is 4.62. The van der Waals surface area contributed by atoms with Gasteiger partial charge in [0.1, 0.15) is 12.4 Å². The zero-order valence-electron chi connectivity index (χ0n) is 13.5. The van der Waals surface area contributed by atoms with Gasteiger partial charge in [0.15, 0.2) is 0 Å². The Hall–Kier alpha value is -1.60. The normalized spacial score (nSPS) is 19.1. The molecule has 22 heavy (non-hydrogen) atoms. The van der Waals surface area contributed by atoms with Crippen LogP contribution in [0.15, 0.2) is 18.2 Å². The Balaban J connectivity index is 2.29. The molecule has 0 radical (unpaired) electrons. The zero-order valence-corrected chi connectivity index (χ0v) is 13.5. The molecule has 1 aromatic rings. The van der Waals surface area contributed by atoms with E-state index < -0.39 is 30.2 Å². The molecule has 2 rings (SSSR count). The number of halogens is 1. The Morgan fingerprint density at radius 3 is 2.41 bits per heavy atom. The number of rotatable bonds is 3. The van der Waals surface area contributed by atoms with E-state index in [1.54, 1.807) is 12.1 Å². The molecule has 1 aliphatic heterocycles. The van der Waals surface area contributed by atoms with E-state index >= 15 is 0 Å². The third kappa shape index (κ3) is 3.10. The van der Waals surface area contributed by atoms with E-state index in [9.17, 15) is 9.18 Å². The molecule has 120 valence electrons. The van der Waals surface area contributed by atoms with Crippen LogP contribution < -0.4 is 10.8 Å². The fourth-order valence-corrected chi connectivity index (χ4v) is 2.13. The van der Waals surface area contributed by atoms with Gasteiger partial charge in [-0.15, -0.1) is 0 Å². The van der Waals surface area contributed by atoms with Crippen LogP contribution in [-0.2, 0) is 20.7 Å². The highest BCUT2D eigenvalue weighted by molar-refractivity contribution is 6.62. The molecule has 0 bridgehead atoms. The van der Waals surface area contributed by atoms with Crippen molar-refractivity contribution in [1.82, 2.24) is 5.32 Å². The summed E-state index contributed by atoms with van der Waals surface area (Å²) in [5.74, 6) is -0.462. The average Bonchev–Trinajstić information content (AvgIpc) is 2.65. The number of ether oxygens (including phenoxy) is 1. The van der Waals surface area contributed by atoms with E-state index in [4.69, 9.17) is 14.0 Å². The first-order chi connectivity index (χ1) is 10.2. The molecule has 1 fully saturated rings. The maximum absolute atomic E-state index is 14.1. The molecule has 5 nitrogen and oxygen atoms in total. The maximum atomic E-state index is 14.1. The van der Waals surface area contributed by atoms with Crippen LogP contribution in [0.2, 0.25) is 0 Å². The van der Waals surface area contributed by atoms with Crippen LogP contribution in [0.4, 0.5) is 9.18 Å². The van der Waals surface area contributed by atoms with Gasteiger partial charge in [-0.1, -0.05) is 12.1 Å². The van der Waals surface area contributed by atoms with Gasteiger partial charge in [0.2, 0.25) is 0 Å². The van der Waals surface area contributed by atoms with Crippen molar-refractivity contribution in [1.29, 1.82) is 0 Å². The largest absolute Gasteiger partial charge is 0.495 e. The predicted molar refractivity (Wildman–Crippen MR) is 81.4 cm³/mol. The number of hydrogen-bond donors (Lipinski definition) is 1. The van der Waals surface area contributed by atoms with Crippen LogP contribution in [0.5, 0.6) is 0 Å². The number of benzene rings is 1. The average molecular weight is 309 g/mol. The summed E-state index contributed by atoms with van der Waals surface area (Å²) >= 11 is 0. The molecule has 1 amide bonds. The summed E-state index contributed by atoms with van der Waals surface area (Å²) in [4.78, 5) is 11.2. The van der Waals surface area contributed by atoms with E-state index in [-0.39, 0.29) is 12.2 Å². The number of nitrogens with one attached hydrogen (secondary N) is 1. The third-order valence-corrected chi connectivity index (χ3v) is 4.21. The van der Waals surface area contributed by atoms with Crippen molar-refractivity contribution in [2.24, 2.45) is 0 Å². The predicted octanol–water partition coefficient (Wildman–Crippen LogP) is 1.98. The minimum absolute atomic E-state index is 0.189. The summed E-state index contributed by atoms with van der Waals surface area (Å²) in [6.07, 6.45) is -0.622. The molecule has 0 atom stereocenters.